The summed E-state index contributed by atoms with van der Waals surface area (Å²) in [6, 6.07) is 9.61. The van der Waals surface area contributed by atoms with E-state index in [2.05, 4.69) is 16.1 Å². The number of halogens is 1. The van der Waals surface area contributed by atoms with Gasteiger partial charge in [0.2, 0.25) is 0 Å². The molecule has 0 N–H and O–H groups in total. The van der Waals surface area contributed by atoms with Gasteiger partial charge < -0.3 is 4.90 Å². The van der Waals surface area contributed by atoms with Gasteiger partial charge in [-0.15, -0.1) is 0 Å². The molecule has 0 atom stereocenters. The minimum Gasteiger partial charge on any atom is -0.369 e. The molecule has 0 unspecified atom stereocenters. The van der Waals surface area contributed by atoms with Crippen molar-refractivity contribution in [2.45, 2.75) is 19.9 Å². The van der Waals surface area contributed by atoms with Crippen LogP contribution in [0.5, 0.6) is 0 Å². The molecular weight excluding hydrogens is 272 g/mol. The zero-order valence-corrected chi connectivity index (χ0v) is 12.6. The lowest BCUT2D eigenvalue weighted by Gasteiger charge is -2.19. The van der Waals surface area contributed by atoms with E-state index >= 15 is 0 Å². The van der Waals surface area contributed by atoms with Gasteiger partial charge in [-0.2, -0.15) is 10.4 Å². The molecule has 4 nitrogen and oxygen atoms in total. The first-order valence-electron chi connectivity index (χ1n) is 6.48. The maximum atomic E-state index is 8.81. The monoisotopic (exact) mass is 288 g/mol. The largest absolute Gasteiger partial charge is 0.369 e. The molecular formula is C15H17ClN4. The minimum absolute atomic E-state index is 0.661. The van der Waals surface area contributed by atoms with Gasteiger partial charge in [0.05, 0.1) is 34.6 Å². The number of rotatable bonds is 4. The van der Waals surface area contributed by atoms with Crippen molar-refractivity contribution >= 4 is 17.3 Å². The zero-order chi connectivity index (χ0) is 14.7. The summed E-state index contributed by atoms with van der Waals surface area (Å²) in [7, 11) is 3.91. The minimum atomic E-state index is 0.661. The molecule has 0 amide bonds. The highest BCUT2D eigenvalue weighted by Crippen LogP contribution is 2.24. The normalized spacial score (nSPS) is 10.3. The molecule has 1 heterocycles. The molecule has 0 bridgehead atoms. The van der Waals surface area contributed by atoms with Crippen LogP contribution < -0.4 is 4.90 Å². The molecule has 0 radical (unpaired) electrons. The van der Waals surface area contributed by atoms with Gasteiger partial charge in [-0.3, -0.25) is 4.68 Å². The summed E-state index contributed by atoms with van der Waals surface area (Å²) >= 11 is 6.36. The quantitative estimate of drug-likeness (QED) is 0.868. The number of aryl methyl sites for hydroxylation is 2. The van der Waals surface area contributed by atoms with Crippen molar-refractivity contribution in [3.05, 3.63) is 46.2 Å². The highest BCUT2D eigenvalue weighted by atomic mass is 35.5. The van der Waals surface area contributed by atoms with E-state index in [1.165, 1.54) is 0 Å². The fourth-order valence-corrected chi connectivity index (χ4v) is 2.45. The predicted octanol–water partition coefficient (Wildman–Crippen LogP) is 3.14. The summed E-state index contributed by atoms with van der Waals surface area (Å²) in [6.07, 6.45) is 0.827. The van der Waals surface area contributed by atoms with Crippen LogP contribution in [0.4, 0.5) is 5.69 Å². The van der Waals surface area contributed by atoms with Crippen LogP contribution in [0.3, 0.4) is 0 Å². The molecule has 0 aliphatic rings. The summed E-state index contributed by atoms with van der Waals surface area (Å²) in [5, 5.41) is 14.0. The Morgan fingerprint density at radius 1 is 1.35 bits per heavy atom. The van der Waals surface area contributed by atoms with E-state index in [-0.39, 0.29) is 0 Å². The highest BCUT2D eigenvalue weighted by Gasteiger charge is 2.14. The number of nitriles is 1. The van der Waals surface area contributed by atoms with Gasteiger partial charge in [0.1, 0.15) is 0 Å². The topological polar surface area (TPSA) is 44.9 Å². The van der Waals surface area contributed by atoms with Crippen molar-refractivity contribution in [2.24, 2.45) is 7.05 Å². The molecule has 1 aromatic carbocycles. The molecule has 2 rings (SSSR count). The van der Waals surface area contributed by atoms with E-state index in [9.17, 15) is 0 Å². The third-order valence-electron chi connectivity index (χ3n) is 3.33. The number of aromatic nitrogens is 2. The SMILES string of the molecule is CCc1nn(C)c(CN(C)c2ccc(C#N)cc2)c1Cl. The van der Waals surface area contributed by atoms with Crippen molar-refractivity contribution in [1.82, 2.24) is 9.78 Å². The lowest BCUT2D eigenvalue weighted by molar-refractivity contribution is 0.689. The molecule has 0 aliphatic heterocycles. The van der Waals surface area contributed by atoms with E-state index in [4.69, 9.17) is 16.9 Å². The first-order chi connectivity index (χ1) is 9.56. The molecule has 0 fully saturated rings. The lowest BCUT2D eigenvalue weighted by atomic mass is 10.2. The molecule has 0 saturated carbocycles. The first-order valence-corrected chi connectivity index (χ1v) is 6.86. The Morgan fingerprint density at radius 3 is 2.50 bits per heavy atom. The van der Waals surface area contributed by atoms with Gasteiger partial charge in [0.25, 0.3) is 0 Å². The summed E-state index contributed by atoms with van der Waals surface area (Å²) in [5.74, 6) is 0. The Bertz CT molecular complexity index is 637. The van der Waals surface area contributed by atoms with Crippen LogP contribution in [0.15, 0.2) is 24.3 Å². The smallest absolute Gasteiger partial charge is 0.0991 e. The van der Waals surface area contributed by atoms with E-state index in [1.54, 1.807) is 0 Å². The van der Waals surface area contributed by atoms with Crippen LogP contribution in [0, 0.1) is 11.3 Å². The molecule has 1 aromatic heterocycles. The van der Waals surface area contributed by atoms with Gasteiger partial charge >= 0.3 is 0 Å². The maximum absolute atomic E-state index is 8.81. The van der Waals surface area contributed by atoms with E-state index < -0.39 is 0 Å². The van der Waals surface area contributed by atoms with Crippen LogP contribution in [0.2, 0.25) is 5.02 Å². The Labute approximate surface area is 124 Å². The Morgan fingerprint density at radius 2 is 2.00 bits per heavy atom. The van der Waals surface area contributed by atoms with Gasteiger partial charge in [-0.25, -0.2) is 0 Å². The molecule has 20 heavy (non-hydrogen) atoms. The maximum Gasteiger partial charge on any atom is 0.0991 e. The summed E-state index contributed by atoms with van der Waals surface area (Å²) in [5.41, 5.74) is 3.63. The van der Waals surface area contributed by atoms with E-state index in [0.717, 1.165) is 28.5 Å². The second-order valence-electron chi connectivity index (χ2n) is 4.70. The van der Waals surface area contributed by atoms with E-state index in [1.807, 2.05) is 50.0 Å². The molecule has 0 aliphatic carbocycles. The van der Waals surface area contributed by atoms with Crippen molar-refractivity contribution in [3.63, 3.8) is 0 Å². The third kappa shape index (κ3) is 2.78. The van der Waals surface area contributed by atoms with Gasteiger partial charge in [0, 0.05) is 19.8 Å². The van der Waals surface area contributed by atoms with E-state index in [0.29, 0.717) is 12.1 Å². The summed E-state index contributed by atoms with van der Waals surface area (Å²) in [4.78, 5) is 2.09. The van der Waals surface area contributed by atoms with Crippen molar-refractivity contribution in [2.75, 3.05) is 11.9 Å². The van der Waals surface area contributed by atoms with Crippen LogP contribution in [-0.4, -0.2) is 16.8 Å². The van der Waals surface area contributed by atoms with Crippen molar-refractivity contribution in [1.29, 1.82) is 5.26 Å². The van der Waals surface area contributed by atoms with Crippen molar-refractivity contribution in [3.8, 4) is 6.07 Å². The third-order valence-corrected chi connectivity index (χ3v) is 3.76. The highest BCUT2D eigenvalue weighted by molar-refractivity contribution is 6.31. The van der Waals surface area contributed by atoms with Gasteiger partial charge in [-0.05, 0) is 30.7 Å². The zero-order valence-electron chi connectivity index (χ0n) is 11.9. The van der Waals surface area contributed by atoms with Crippen LogP contribution in [0.25, 0.3) is 0 Å². The van der Waals surface area contributed by atoms with Crippen LogP contribution in [0.1, 0.15) is 23.9 Å². The fourth-order valence-electron chi connectivity index (χ4n) is 2.10. The first kappa shape index (κ1) is 14.4. The van der Waals surface area contributed by atoms with Crippen LogP contribution >= 0.6 is 11.6 Å². The number of anilines is 1. The number of hydrogen-bond donors (Lipinski definition) is 0. The molecule has 104 valence electrons. The Hall–Kier alpha value is -1.99. The predicted molar refractivity (Wildman–Crippen MR) is 80.9 cm³/mol. The molecule has 0 saturated heterocycles. The Kier molecular flexibility index (Phi) is 4.31. The second kappa shape index (κ2) is 5.98. The van der Waals surface area contributed by atoms with Crippen molar-refractivity contribution < 1.29 is 0 Å². The average Bonchev–Trinajstić information content (AvgIpc) is 2.74. The van der Waals surface area contributed by atoms with Gasteiger partial charge in [0.15, 0.2) is 0 Å². The fraction of sp³-hybridized carbons (Fsp3) is 0.333. The lowest BCUT2D eigenvalue weighted by Crippen LogP contribution is -2.18. The summed E-state index contributed by atoms with van der Waals surface area (Å²) < 4.78 is 1.83. The number of hydrogen-bond acceptors (Lipinski definition) is 3. The number of benzene rings is 1. The van der Waals surface area contributed by atoms with Gasteiger partial charge in [-0.1, -0.05) is 18.5 Å². The second-order valence-corrected chi connectivity index (χ2v) is 5.08. The standard InChI is InChI=1S/C15H17ClN4/c1-4-13-15(16)14(20(3)18-13)10-19(2)12-7-5-11(9-17)6-8-12/h5-8H,4,10H2,1-3H3. The number of nitrogens with zero attached hydrogens (tertiary/aromatic N) is 4. The molecule has 0 spiro atoms. The molecule has 2 aromatic rings. The Balaban J connectivity index is 2.21. The van der Waals surface area contributed by atoms with Crippen LogP contribution in [-0.2, 0) is 20.0 Å². The summed E-state index contributed by atoms with van der Waals surface area (Å²) in [6.45, 7) is 2.72. The average molecular weight is 289 g/mol. The molecule has 5 heteroatoms.